The third kappa shape index (κ3) is 4.93. The molecule has 1 aliphatic rings. The van der Waals surface area contributed by atoms with E-state index in [0.717, 1.165) is 49.9 Å². The molecular weight excluding hydrogens is 314 g/mol. The summed E-state index contributed by atoms with van der Waals surface area (Å²) in [6, 6.07) is 14.2. The average Bonchev–Trinajstić information content (AvgIpc) is 2.67. The zero-order chi connectivity index (χ0) is 17.5. The fourth-order valence-electron chi connectivity index (χ4n) is 2.75. The number of aliphatic imine (C=N–C) groups is 1. The summed E-state index contributed by atoms with van der Waals surface area (Å²) in [4.78, 5) is 11.3. The van der Waals surface area contributed by atoms with Gasteiger partial charge < -0.3 is 20.7 Å². The van der Waals surface area contributed by atoms with Crippen LogP contribution in [0.4, 0.5) is 11.5 Å². The van der Waals surface area contributed by atoms with Gasteiger partial charge >= 0.3 is 0 Å². The third-order valence-corrected chi connectivity index (χ3v) is 4.15. The second-order valence-electron chi connectivity index (χ2n) is 5.97. The lowest BCUT2D eigenvalue weighted by Gasteiger charge is -2.27. The van der Waals surface area contributed by atoms with Crippen molar-refractivity contribution < 1.29 is 4.74 Å². The number of hydrogen-bond acceptors (Lipinski definition) is 4. The summed E-state index contributed by atoms with van der Waals surface area (Å²) in [6.45, 7) is 5.82. The Morgan fingerprint density at radius 3 is 2.84 bits per heavy atom. The number of nitrogens with one attached hydrogen (secondary N) is 1. The molecule has 132 valence electrons. The van der Waals surface area contributed by atoms with Crippen molar-refractivity contribution in [1.29, 1.82) is 0 Å². The molecule has 0 bridgehead atoms. The second-order valence-corrected chi connectivity index (χ2v) is 5.97. The van der Waals surface area contributed by atoms with Crippen LogP contribution in [-0.4, -0.2) is 37.2 Å². The quantitative estimate of drug-likeness (QED) is 0.646. The SMILES string of the molecule is CCc1cccc(NC(N)=NCc2cccc(N3CCOCC3)n2)c1. The van der Waals surface area contributed by atoms with E-state index in [1.807, 2.05) is 30.3 Å². The number of pyridine rings is 1. The van der Waals surface area contributed by atoms with Crippen LogP contribution in [0.5, 0.6) is 0 Å². The Labute approximate surface area is 148 Å². The fourth-order valence-corrected chi connectivity index (χ4v) is 2.75. The number of morpholine rings is 1. The number of benzene rings is 1. The molecule has 2 aromatic rings. The minimum atomic E-state index is 0.395. The van der Waals surface area contributed by atoms with Crippen LogP contribution >= 0.6 is 0 Å². The van der Waals surface area contributed by atoms with Gasteiger partial charge in [-0.05, 0) is 36.2 Å². The summed E-state index contributed by atoms with van der Waals surface area (Å²) >= 11 is 0. The summed E-state index contributed by atoms with van der Waals surface area (Å²) in [7, 11) is 0. The molecule has 0 amide bonds. The van der Waals surface area contributed by atoms with Crippen molar-refractivity contribution in [3.05, 3.63) is 53.7 Å². The number of anilines is 2. The first kappa shape index (κ1) is 17.2. The summed E-state index contributed by atoms with van der Waals surface area (Å²) in [5, 5.41) is 3.14. The lowest BCUT2D eigenvalue weighted by Crippen LogP contribution is -2.36. The van der Waals surface area contributed by atoms with Gasteiger partial charge in [-0.25, -0.2) is 9.98 Å². The van der Waals surface area contributed by atoms with Crippen molar-refractivity contribution in [2.75, 3.05) is 36.5 Å². The molecule has 2 heterocycles. The van der Waals surface area contributed by atoms with Crippen LogP contribution in [0.15, 0.2) is 47.5 Å². The first-order valence-corrected chi connectivity index (χ1v) is 8.69. The number of rotatable bonds is 5. The van der Waals surface area contributed by atoms with Crippen molar-refractivity contribution in [1.82, 2.24) is 4.98 Å². The highest BCUT2D eigenvalue weighted by molar-refractivity contribution is 5.92. The van der Waals surface area contributed by atoms with E-state index in [0.29, 0.717) is 12.5 Å². The highest BCUT2D eigenvalue weighted by Crippen LogP contribution is 2.14. The predicted molar refractivity (Wildman–Crippen MR) is 102 cm³/mol. The van der Waals surface area contributed by atoms with Crippen molar-refractivity contribution in [2.45, 2.75) is 19.9 Å². The van der Waals surface area contributed by atoms with Gasteiger partial charge in [-0.1, -0.05) is 25.1 Å². The van der Waals surface area contributed by atoms with E-state index in [2.05, 4.69) is 39.2 Å². The van der Waals surface area contributed by atoms with E-state index in [4.69, 9.17) is 10.5 Å². The molecule has 0 atom stereocenters. The number of nitrogens with two attached hydrogens (primary N) is 1. The highest BCUT2D eigenvalue weighted by Gasteiger charge is 2.12. The summed E-state index contributed by atoms with van der Waals surface area (Å²) in [5.41, 5.74) is 9.13. The Morgan fingerprint density at radius 2 is 2.04 bits per heavy atom. The summed E-state index contributed by atoms with van der Waals surface area (Å²) in [6.07, 6.45) is 0.991. The van der Waals surface area contributed by atoms with Crippen LogP contribution in [0.3, 0.4) is 0 Å². The topological polar surface area (TPSA) is 75.8 Å². The third-order valence-electron chi connectivity index (χ3n) is 4.15. The molecule has 0 radical (unpaired) electrons. The van der Waals surface area contributed by atoms with Gasteiger partial charge in [0.1, 0.15) is 5.82 Å². The zero-order valence-electron chi connectivity index (χ0n) is 14.6. The molecule has 25 heavy (non-hydrogen) atoms. The molecule has 1 saturated heterocycles. The van der Waals surface area contributed by atoms with Crippen molar-refractivity contribution in [3.63, 3.8) is 0 Å². The van der Waals surface area contributed by atoms with Gasteiger partial charge in [-0.2, -0.15) is 0 Å². The Balaban J connectivity index is 1.62. The second kappa shape index (κ2) is 8.48. The molecule has 6 nitrogen and oxygen atoms in total. The molecule has 1 aromatic carbocycles. The number of nitrogens with zero attached hydrogens (tertiary/aromatic N) is 3. The van der Waals surface area contributed by atoms with Gasteiger partial charge in [0.25, 0.3) is 0 Å². The van der Waals surface area contributed by atoms with Crippen LogP contribution in [0.25, 0.3) is 0 Å². The number of ether oxygens (including phenoxy) is 1. The average molecular weight is 339 g/mol. The van der Waals surface area contributed by atoms with E-state index in [1.165, 1.54) is 5.56 Å². The minimum absolute atomic E-state index is 0.395. The van der Waals surface area contributed by atoms with Gasteiger partial charge in [-0.3, -0.25) is 0 Å². The Morgan fingerprint density at radius 1 is 1.24 bits per heavy atom. The maximum atomic E-state index is 6.01. The predicted octanol–water partition coefficient (Wildman–Crippen LogP) is 2.41. The smallest absolute Gasteiger partial charge is 0.193 e. The van der Waals surface area contributed by atoms with Gasteiger partial charge in [0.05, 0.1) is 25.5 Å². The molecular formula is C19H25N5O. The van der Waals surface area contributed by atoms with Gasteiger partial charge in [-0.15, -0.1) is 0 Å². The van der Waals surface area contributed by atoms with Crippen molar-refractivity contribution in [2.24, 2.45) is 10.7 Å². The number of guanidine groups is 1. The maximum absolute atomic E-state index is 6.01. The first-order valence-electron chi connectivity index (χ1n) is 8.69. The lowest BCUT2D eigenvalue weighted by atomic mass is 10.1. The molecule has 0 aliphatic carbocycles. The largest absolute Gasteiger partial charge is 0.378 e. The van der Waals surface area contributed by atoms with Crippen LogP contribution in [0.1, 0.15) is 18.2 Å². The fraction of sp³-hybridized carbons (Fsp3) is 0.368. The van der Waals surface area contributed by atoms with E-state index in [-0.39, 0.29) is 0 Å². The molecule has 3 rings (SSSR count). The molecule has 3 N–H and O–H groups in total. The molecule has 6 heteroatoms. The number of aromatic nitrogens is 1. The summed E-state index contributed by atoms with van der Waals surface area (Å²) < 4.78 is 5.39. The van der Waals surface area contributed by atoms with Crippen LogP contribution < -0.4 is 16.0 Å². The van der Waals surface area contributed by atoms with E-state index >= 15 is 0 Å². The molecule has 0 spiro atoms. The molecule has 1 aliphatic heterocycles. The van der Waals surface area contributed by atoms with Crippen molar-refractivity contribution >= 4 is 17.5 Å². The molecule has 1 aromatic heterocycles. The molecule has 1 fully saturated rings. The monoisotopic (exact) mass is 339 g/mol. The van der Waals surface area contributed by atoms with Crippen LogP contribution in [0, 0.1) is 0 Å². The first-order chi connectivity index (χ1) is 12.2. The van der Waals surface area contributed by atoms with Crippen LogP contribution in [0.2, 0.25) is 0 Å². The lowest BCUT2D eigenvalue weighted by molar-refractivity contribution is 0.122. The zero-order valence-corrected chi connectivity index (χ0v) is 14.6. The van der Waals surface area contributed by atoms with Gasteiger partial charge in [0.15, 0.2) is 5.96 Å². The molecule has 0 saturated carbocycles. The molecule has 0 unspecified atom stereocenters. The Kier molecular flexibility index (Phi) is 5.85. The standard InChI is InChI=1S/C19H25N5O/c1-2-15-5-3-6-16(13-15)23-19(20)21-14-17-7-4-8-18(22-17)24-9-11-25-12-10-24/h3-8,13H,2,9-12,14H2,1H3,(H3,20,21,23). The normalized spacial score (nSPS) is 15.2. The summed E-state index contributed by atoms with van der Waals surface area (Å²) in [5.74, 6) is 1.37. The number of hydrogen-bond donors (Lipinski definition) is 2. The Bertz CT molecular complexity index is 725. The van der Waals surface area contributed by atoms with Crippen LogP contribution in [-0.2, 0) is 17.7 Å². The number of aryl methyl sites for hydroxylation is 1. The van der Waals surface area contributed by atoms with E-state index < -0.39 is 0 Å². The Hall–Kier alpha value is -2.60. The highest BCUT2D eigenvalue weighted by atomic mass is 16.5. The van der Waals surface area contributed by atoms with Gasteiger partial charge in [0, 0.05) is 18.8 Å². The van der Waals surface area contributed by atoms with Crippen molar-refractivity contribution in [3.8, 4) is 0 Å². The minimum Gasteiger partial charge on any atom is -0.378 e. The van der Waals surface area contributed by atoms with Gasteiger partial charge in [0.2, 0.25) is 0 Å². The maximum Gasteiger partial charge on any atom is 0.193 e. The van der Waals surface area contributed by atoms with E-state index in [1.54, 1.807) is 0 Å². The van der Waals surface area contributed by atoms with E-state index in [9.17, 15) is 0 Å².